The highest BCUT2D eigenvalue weighted by Gasteiger charge is 2.48. The number of carbonyl (C=O) groups excluding carboxylic acids is 2. The summed E-state index contributed by atoms with van der Waals surface area (Å²) in [4.78, 5) is 32.6. The van der Waals surface area contributed by atoms with E-state index >= 15 is 0 Å². The first kappa shape index (κ1) is 19.1. The molecule has 7 nitrogen and oxygen atoms in total. The molecule has 26 heavy (non-hydrogen) atoms. The summed E-state index contributed by atoms with van der Waals surface area (Å²) in [6.45, 7) is 7.90. The third-order valence-corrected chi connectivity index (χ3v) is 5.01. The highest BCUT2D eigenvalue weighted by Crippen LogP contribution is 2.33. The minimum absolute atomic E-state index is 0.0566. The van der Waals surface area contributed by atoms with Crippen LogP contribution in [-0.4, -0.2) is 64.1 Å². The quantitative estimate of drug-likeness (QED) is 0.803. The van der Waals surface area contributed by atoms with Crippen molar-refractivity contribution in [1.29, 1.82) is 0 Å². The minimum Gasteiger partial charge on any atom is -0.444 e. The molecule has 2 atom stereocenters. The number of carbonyl (C=O) groups is 2. The number of nitrogens with zero attached hydrogens (tertiary/aromatic N) is 3. The topological polar surface area (TPSA) is 74.8 Å². The van der Waals surface area contributed by atoms with Gasteiger partial charge in [-0.25, -0.2) is 9.78 Å². The van der Waals surface area contributed by atoms with Crippen LogP contribution >= 0.6 is 15.9 Å². The van der Waals surface area contributed by atoms with Crippen molar-refractivity contribution in [3.63, 3.8) is 0 Å². The third kappa shape index (κ3) is 4.73. The predicted molar refractivity (Wildman–Crippen MR) is 102 cm³/mol. The van der Waals surface area contributed by atoms with Gasteiger partial charge < -0.3 is 10.1 Å². The molecule has 0 saturated carbocycles. The Morgan fingerprint density at radius 2 is 2.04 bits per heavy atom. The zero-order valence-corrected chi connectivity index (χ0v) is 17.0. The number of piperidine rings is 1. The highest BCUT2D eigenvalue weighted by molar-refractivity contribution is 9.10. The van der Waals surface area contributed by atoms with E-state index in [1.165, 1.54) is 0 Å². The fourth-order valence-corrected chi connectivity index (χ4v) is 3.77. The maximum absolute atomic E-state index is 12.3. The van der Waals surface area contributed by atoms with E-state index in [1.54, 1.807) is 12.3 Å². The lowest BCUT2D eigenvalue weighted by atomic mass is 9.88. The average Bonchev–Trinajstić information content (AvgIpc) is 2.51. The van der Waals surface area contributed by atoms with E-state index < -0.39 is 5.60 Å². The van der Waals surface area contributed by atoms with Crippen molar-refractivity contribution in [3.8, 4) is 0 Å². The van der Waals surface area contributed by atoms with E-state index in [4.69, 9.17) is 4.74 Å². The molecule has 0 aliphatic carbocycles. The molecule has 4 heterocycles. The van der Waals surface area contributed by atoms with Gasteiger partial charge in [0, 0.05) is 36.7 Å². The van der Waals surface area contributed by atoms with Gasteiger partial charge in [0.25, 0.3) is 0 Å². The Morgan fingerprint density at radius 1 is 1.35 bits per heavy atom. The molecule has 3 saturated heterocycles. The summed E-state index contributed by atoms with van der Waals surface area (Å²) in [5.41, 5.74) is -0.473. The molecule has 1 aromatic rings. The van der Waals surface area contributed by atoms with Crippen molar-refractivity contribution < 1.29 is 14.3 Å². The molecule has 0 spiro atoms. The lowest BCUT2D eigenvalue weighted by molar-refractivity contribution is -0.117. The molecule has 8 heteroatoms. The number of amides is 2. The van der Waals surface area contributed by atoms with Gasteiger partial charge in [0.1, 0.15) is 11.4 Å². The number of ether oxygens (including phenoxy) is 1. The van der Waals surface area contributed by atoms with Crippen LogP contribution in [0, 0.1) is 0 Å². The lowest BCUT2D eigenvalue weighted by Gasteiger charge is -2.55. The number of anilines is 1. The van der Waals surface area contributed by atoms with Crippen LogP contribution in [0.25, 0.3) is 0 Å². The maximum Gasteiger partial charge on any atom is 0.410 e. The number of piperazine rings is 1. The molecule has 142 valence electrons. The van der Waals surface area contributed by atoms with Crippen LogP contribution in [0.3, 0.4) is 0 Å². The Bertz CT molecular complexity index is 679. The Labute approximate surface area is 162 Å². The molecule has 2 unspecified atom stereocenters. The van der Waals surface area contributed by atoms with Gasteiger partial charge in [-0.15, -0.1) is 0 Å². The van der Waals surface area contributed by atoms with Crippen LogP contribution in [0.4, 0.5) is 10.6 Å². The number of nitrogens with one attached hydrogen (secondary N) is 1. The zero-order valence-electron chi connectivity index (χ0n) is 15.4. The Balaban J connectivity index is 1.43. The van der Waals surface area contributed by atoms with Gasteiger partial charge in [-0.05, 0) is 39.3 Å². The number of hydrogen-bond donors (Lipinski definition) is 1. The fourth-order valence-electron chi connectivity index (χ4n) is 3.43. The van der Waals surface area contributed by atoms with Crippen LogP contribution in [0.2, 0.25) is 0 Å². The van der Waals surface area contributed by atoms with Gasteiger partial charge in [0.15, 0.2) is 0 Å². The monoisotopic (exact) mass is 424 g/mol. The van der Waals surface area contributed by atoms with Gasteiger partial charge in [-0.3, -0.25) is 14.6 Å². The first-order valence-electron chi connectivity index (χ1n) is 8.86. The van der Waals surface area contributed by atoms with E-state index in [0.29, 0.717) is 18.8 Å². The second-order valence-corrected chi connectivity index (χ2v) is 8.76. The van der Waals surface area contributed by atoms with Gasteiger partial charge >= 0.3 is 6.09 Å². The van der Waals surface area contributed by atoms with Crippen molar-refractivity contribution in [2.75, 3.05) is 25.0 Å². The summed E-state index contributed by atoms with van der Waals surface area (Å²) in [6.07, 6.45) is 2.84. The van der Waals surface area contributed by atoms with Crippen LogP contribution in [0.5, 0.6) is 0 Å². The second-order valence-electron chi connectivity index (χ2n) is 7.85. The van der Waals surface area contributed by atoms with Gasteiger partial charge in [-0.2, -0.15) is 0 Å². The van der Waals surface area contributed by atoms with Gasteiger partial charge in [0.2, 0.25) is 5.91 Å². The smallest absolute Gasteiger partial charge is 0.410 e. The molecule has 1 aromatic heterocycles. The molecule has 3 aliphatic heterocycles. The predicted octanol–water partition coefficient (Wildman–Crippen LogP) is 2.87. The largest absolute Gasteiger partial charge is 0.444 e. The first-order chi connectivity index (χ1) is 12.2. The van der Waals surface area contributed by atoms with E-state index in [9.17, 15) is 9.59 Å². The van der Waals surface area contributed by atoms with Crippen LogP contribution in [-0.2, 0) is 9.53 Å². The second kappa shape index (κ2) is 7.52. The van der Waals surface area contributed by atoms with E-state index in [2.05, 4.69) is 31.1 Å². The normalized spacial score (nSPS) is 22.5. The van der Waals surface area contributed by atoms with Crippen molar-refractivity contribution in [2.45, 2.75) is 51.3 Å². The minimum atomic E-state index is -0.473. The fraction of sp³-hybridized carbons (Fsp3) is 0.611. The number of aromatic nitrogens is 1. The van der Waals surface area contributed by atoms with Gasteiger partial charge in [-0.1, -0.05) is 15.9 Å². The van der Waals surface area contributed by atoms with E-state index in [0.717, 1.165) is 24.0 Å². The van der Waals surface area contributed by atoms with Gasteiger partial charge in [0.05, 0.1) is 12.1 Å². The van der Waals surface area contributed by atoms with Crippen LogP contribution in [0.1, 0.15) is 33.6 Å². The number of halogens is 1. The van der Waals surface area contributed by atoms with Crippen molar-refractivity contribution in [2.24, 2.45) is 0 Å². The summed E-state index contributed by atoms with van der Waals surface area (Å²) >= 11 is 3.36. The number of rotatable bonds is 4. The van der Waals surface area contributed by atoms with E-state index in [-0.39, 0.29) is 24.1 Å². The van der Waals surface area contributed by atoms with Crippen molar-refractivity contribution in [3.05, 3.63) is 22.8 Å². The SMILES string of the molecule is CC(C)(C)OC(=O)N1C2CC1CN(CCC(=O)Nc1cc(Br)ccn1)C2. The molecule has 2 bridgehead atoms. The zero-order chi connectivity index (χ0) is 18.9. The lowest BCUT2D eigenvalue weighted by Crippen LogP contribution is -2.70. The summed E-state index contributed by atoms with van der Waals surface area (Å²) in [5.74, 6) is 0.487. The maximum atomic E-state index is 12.3. The Kier molecular flexibility index (Phi) is 5.53. The molecular formula is C18H25BrN4O3. The molecule has 0 radical (unpaired) electrons. The molecule has 3 aliphatic rings. The van der Waals surface area contributed by atoms with Crippen LogP contribution in [0.15, 0.2) is 22.8 Å². The molecule has 2 amide bonds. The van der Waals surface area contributed by atoms with E-state index in [1.807, 2.05) is 31.7 Å². The van der Waals surface area contributed by atoms with Crippen molar-refractivity contribution >= 4 is 33.7 Å². The average molecular weight is 425 g/mol. The summed E-state index contributed by atoms with van der Waals surface area (Å²) in [5, 5.41) is 2.81. The summed E-state index contributed by atoms with van der Waals surface area (Å²) in [6, 6.07) is 3.97. The van der Waals surface area contributed by atoms with Crippen molar-refractivity contribution in [1.82, 2.24) is 14.8 Å². The Morgan fingerprint density at radius 3 is 2.65 bits per heavy atom. The number of fused-ring (bicyclic) bond motifs is 2. The number of pyridine rings is 1. The summed E-state index contributed by atoms with van der Waals surface area (Å²) < 4.78 is 6.36. The molecule has 4 rings (SSSR count). The highest BCUT2D eigenvalue weighted by atomic mass is 79.9. The molecule has 3 fully saturated rings. The molecule has 0 aromatic carbocycles. The third-order valence-electron chi connectivity index (χ3n) is 4.52. The molecule has 1 N–H and O–H groups in total. The Hall–Kier alpha value is -1.67. The summed E-state index contributed by atoms with van der Waals surface area (Å²) in [7, 11) is 0. The standard InChI is InChI=1S/C18H25BrN4O3/c1-18(2,3)26-17(25)23-13-9-14(23)11-22(10-13)7-5-16(24)21-15-8-12(19)4-6-20-15/h4,6,8,13-14H,5,7,9-11H2,1-3H3,(H,20,21,24). The molecular weight excluding hydrogens is 400 g/mol. The van der Waals surface area contributed by atoms with Crippen LogP contribution < -0.4 is 5.32 Å². The first-order valence-corrected chi connectivity index (χ1v) is 9.65. The number of hydrogen-bond acceptors (Lipinski definition) is 5.